The summed E-state index contributed by atoms with van der Waals surface area (Å²) in [5.74, 6) is 0.188. The fourth-order valence-corrected chi connectivity index (χ4v) is 4.28. The number of rotatable bonds is 2. The third kappa shape index (κ3) is 3.27. The van der Waals surface area contributed by atoms with Crippen molar-refractivity contribution in [1.29, 1.82) is 0 Å². The maximum absolute atomic E-state index is 13.5. The van der Waals surface area contributed by atoms with Gasteiger partial charge in [0.15, 0.2) is 0 Å². The van der Waals surface area contributed by atoms with E-state index in [2.05, 4.69) is 43.8 Å². The molecule has 2 heterocycles. The van der Waals surface area contributed by atoms with E-state index in [4.69, 9.17) is 4.98 Å². The zero-order valence-corrected chi connectivity index (χ0v) is 19.1. The highest BCUT2D eigenvalue weighted by Crippen LogP contribution is 2.32. The molecule has 0 unspecified atom stereocenters. The number of hydrogen-bond donors (Lipinski definition) is 1. The van der Waals surface area contributed by atoms with E-state index >= 15 is 0 Å². The number of carbonyl (C=O) groups is 1. The minimum Gasteiger partial charge on any atom is -0.321 e. The van der Waals surface area contributed by atoms with Gasteiger partial charge in [0.1, 0.15) is 5.82 Å². The second-order valence-electron chi connectivity index (χ2n) is 6.81. The van der Waals surface area contributed by atoms with Crippen LogP contribution in [0.25, 0.3) is 28.2 Å². The van der Waals surface area contributed by atoms with Crippen LogP contribution >= 0.6 is 38.5 Å². The quantitative estimate of drug-likeness (QED) is 0.265. The highest BCUT2D eigenvalue weighted by Gasteiger charge is 2.24. The Morgan fingerprint density at radius 1 is 1.00 bits per heavy atom. The number of fused-ring (bicyclic) bond motifs is 2. The van der Waals surface area contributed by atoms with Crippen LogP contribution in [0.3, 0.4) is 0 Å². The molecule has 1 aromatic heterocycles. The van der Waals surface area contributed by atoms with Crippen molar-refractivity contribution in [2.24, 2.45) is 0 Å². The Kier molecular flexibility index (Phi) is 4.79. The smallest absolute Gasteiger partial charge is 0.266 e. The van der Waals surface area contributed by atoms with Crippen LogP contribution in [0.2, 0.25) is 0 Å². The van der Waals surface area contributed by atoms with E-state index in [1.165, 1.54) is 0 Å². The molecule has 4 aromatic rings. The van der Waals surface area contributed by atoms with Crippen LogP contribution < -0.4 is 10.9 Å². The van der Waals surface area contributed by atoms with Crippen molar-refractivity contribution in [1.82, 2.24) is 9.55 Å². The summed E-state index contributed by atoms with van der Waals surface area (Å²) in [6, 6.07) is 20.5. The normalized spacial score (nSPS) is 14.2. The second kappa shape index (κ2) is 7.48. The first-order valence-corrected chi connectivity index (χ1v) is 11.0. The number of anilines is 1. The molecule has 1 aliphatic rings. The standard InChI is InChI=1S/C23H13BrIN3O2/c24-13-5-8-15(9-6-13)28-21(26-20-10-7-14(25)11-18(20)23(28)30)12-17-16-3-1-2-4-19(16)27-22(17)29/h1-12H,(H,27,29). The molecule has 0 radical (unpaired) electrons. The van der Waals surface area contributed by atoms with Crippen LogP contribution in [-0.2, 0) is 4.79 Å². The molecular formula is C23H13BrIN3O2. The molecule has 0 fully saturated rings. The zero-order chi connectivity index (χ0) is 20.8. The predicted octanol–water partition coefficient (Wildman–Crippen LogP) is 5.25. The monoisotopic (exact) mass is 569 g/mol. The average molecular weight is 570 g/mol. The van der Waals surface area contributed by atoms with Gasteiger partial charge in [0.2, 0.25) is 0 Å². The number of benzene rings is 3. The topological polar surface area (TPSA) is 64.0 Å². The summed E-state index contributed by atoms with van der Waals surface area (Å²) in [6.07, 6.45) is 1.68. The predicted molar refractivity (Wildman–Crippen MR) is 131 cm³/mol. The zero-order valence-electron chi connectivity index (χ0n) is 15.4. The number of hydrogen-bond acceptors (Lipinski definition) is 3. The van der Waals surface area contributed by atoms with Gasteiger partial charge in [0, 0.05) is 19.3 Å². The van der Waals surface area contributed by atoms with Gasteiger partial charge in [-0.2, -0.15) is 0 Å². The largest absolute Gasteiger partial charge is 0.321 e. The first-order chi connectivity index (χ1) is 14.5. The highest BCUT2D eigenvalue weighted by atomic mass is 127. The minimum absolute atomic E-state index is 0.181. The van der Waals surface area contributed by atoms with Gasteiger partial charge in [-0.15, -0.1) is 0 Å². The molecule has 1 amide bonds. The average Bonchev–Trinajstić information content (AvgIpc) is 3.05. The first kappa shape index (κ1) is 19.2. The SMILES string of the molecule is O=C1Nc2ccccc2C1=Cc1nc2ccc(I)cc2c(=O)n1-c1ccc(Br)cc1. The van der Waals surface area contributed by atoms with Crippen molar-refractivity contribution >= 4 is 72.7 Å². The van der Waals surface area contributed by atoms with E-state index in [1.807, 2.05) is 66.7 Å². The number of nitrogens with one attached hydrogen (secondary N) is 1. The van der Waals surface area contributed by atoms with Gasteiger partial charge < -0.3 is 5.32 Å². The molecule has 7 heteroatoms. The minimum atomic E-state index is -0.212. The Balaban J connectivity index is 1.82. The third-order valence-electron chi connectivity index (χ3n) is 4.92. The van der Waals surface area contributed by atoms with Crippen LogP contribution in [0.15, 0.2) is 76.0 Å². The molecule has 30 heavy (non-hydrogen) atoms. The second-order valence-corrected chi connectivity index (χ2v) is 8.97. The number of amides is 1. The van der Waals surface area contributed by atoms with Gasteiger partial charge in [0.25, 0.3) is 11.5 Å². The van der Waals surface area contributed by atoms with Crippen molar-refractivity contribution in [3.63, 3.8) is 0 Å². The molecule has 0 atom stereocenters. The number of carbonyl (C=O) groups excluding carboxylic acids is 1. The molecule has 5 rings (SSSR count). The molecule has 0 saturated carbocycles. The van der Waals surface area contributed by atoms with Gasteiger partial charge in [0.05, 0.1) is 22.2 Å². The summed E-state index contributed by atoms with van der Waals surface area (Å²) in [5.41, 5.74) is 3.11. The van der Waals surface area contributed by atoms with Crippen molar-refractivity contribution in [2.45, 2.75) is 0 Å². The fourth-order valence-electron chi connectivity index (χ4n) is 3.52. The van der Waals surface area contributed by atoms with Crippen LogP contribution in [0.1, 0.15) is 11.4 Å². The maximum Gasteiger partial charge on any atom is 0.266 e. The number of nitrogens with zero attached hydrogens (tertiary/aromatic N) is 2. The Labute approximate surface area is 193 Å². The molecule has 1 aliphatic heterocycles. The molecule has 0 bridgehead atoms. The molecule has 1 N–H and O–H groups in total. The van der Waals surface area contributed by atoms with Gasteiger partial charge >= 0.3 is 0 Å². The summed E-state index contributed by atoms with van der Waals surface area (Å²) in [6.45, 7) is 0. The van der Waals surface area contributed by atoms with Gasteiger partial charge in [-0.05, 0) is 77.2 Å². The lowest BCUT2D eigenvalue weighted by Crippen LogP contribution is -2.22. The highest BCUT2D eigenvalue weighted by molar-refractivity contribution is 14.1. The van der Waals surface area contributed by atoms with Gasteiger partial charge in [-0.25, -0.2) is 4.98 Å². The number of aromatic nitrogens is 2. The van der Waals surface area contributed by atoms with E-state index in [0.717, 1.165) is 19.3 Å². The third-order valence-corrected chi connectivity index (χ3v) is 6.12. The summed E-state index contributed by atoms with van der Waals surface area (Å²) in [4.78, 5) is 30.8. The lowest BCUT2D eigenvalue weighted by atomic mass is 10.1. The van der Waals surface area contributed by atoms with Crippen molar-refractivity contribution in [3.05, 3.63) is 96.5 Å². The summed E-state index contributed by atoms with van der Waals surface area (Å²) < 4.78 is 3.41. The van der Waals surface area contributed by atoms with Crippen LogP contribution in [0.4, 0.5) is 5.69 Å². The lowest BCUT2D eigenvalue weighted by molar-refractivity contribution is -0.110. The molecular weight excluding hydrogens is 557 g/mol. The fraction of sp³-hybridized carbons (Fsp3) is 0. The number of para-hydroxylation sites is 1. The van der Waals surface area contributed by atoms with Crippen molar-refractivity contribution in [2.75, 3.05) is 5.32 Å². The summed E-state index contributed by atoms with van der Waals surface area (Å²) >= 11 is 5.61. The molecule has 146 valence electrons. The Hall–Kier alpha value is -2.78. The van der Waals surface area contributed by atoms with Gasteiger partial charge in [-0.3, -0.25) is 14.2 Å². The summed E-state index contributed by atoms with van der Waals surface area (Å²) in [7, 11) is 0. The van der Waals surface area contributed by atoms with E-state index < -0.39 is 0 Å². The van der Waals surface area contributed by atoms with Gasteiger partial charge in [-0.1, -0.05) is 34.1 Å². The van der Waals surface area contributed by atoms with Crippen molar-refractivity contribution < 1.29 is 4.79 Å². The Morgan fingerprint density at radius 3 is 2.57 bits per heavy atom. The lowest BCUT2D eigenvalue weighted by Gasteiger charge is -2.12. The van der Waals surface area contributed by atoms with Crippen LogP contribution in [-0.4, -0.2) is 15.5 Å². The van der Waals surface area contributed by atoms with E-state index in [9.17, 15) is 9.59 Å². The first-order valence-electron chi connectivity index (χ1n) is 9.12. The molecule has 3 aromatic carbocycles. The van der Waals surface area contributed by atoms with Crippen LogP contribution in [0.5, 0.6) is 0 Å². The van der Waals surface area contributed by atoms with Crippen molar-refractivity contribution in [3.8, 4) is 5.69 Å². The molecule has 5 nitrogen and oxygen atoms in total. The van der Waals surface area contributed by atoms with E-state index in [-0.39, 0.29) is 11.5 Å². The molecule has 0 saturated heterocycles. The summed E-state index contributed by atoms with van der Waals surface area (Å²) in [5, 5.41) is 3.39. The van der Waals surface area contributed by atoms with Crippen LogP contribution in [0, 0.1) is 3.57 Å². The van der Waals surface area contributed by atoms with E-state index in [1.54, 1.807) is 10.6 Å². The van der Waals surface area contributed by atoms with E-state index in [0.29, 0.717) is 28.0 Å². The Bertz CT molecular complexity index is 1430. The number of halogens is 2. The maximum atomic E-state index is 13.5. The Morgan fingerprint density at radius 2 is 1.77 bits per heavy atom. The molecule has 0 spiro atoms. The molecule has 0 aliphatic carbocycles.